The van der Waals surface area contributed by atoms with E-state index in [9.17, 15) is 9.90 Å². The first-order valence-electron chi connectivity index (χ1n) is 6.54. The first-order chi connectivity index (χ1) is 10.3. The summed E-state index contributed by atoms with van der Waals surface area (Å²) < 4.78 is 5.71. The Morgan fingerprint density at radius 2 is 1.76 bits per heavy atom. The maximum Gasteiger partial charge on any atom is 0.349 e. The zero-order valence-corrected chi connectivity index (χ0v) is 11.1. The number of nitrogens with zero attached hydrogens (tertiary/aromatic N) is 1. The van der Waals surface area contributed by atoms with Crippen molar-refractivity contribution in [3.05, 3.63) is 72.4 Å². The number of ether oxygens (including phenoxy) is 1. The van der Waals surface area contributed by atoms with Gasteiger partial charge in [0, 0.05) is 17.1 Å². The Morgan fingerprint density at radius 1 is 1.00 bits per heavy atom. The van der Waals surface area contributed by atoms with Crippen LogP contribution in [0, 0.1) is 0 Å². The third-order valence-electron chi connectivity index (χ3n) is 3.17. The molecule has 0 aliphatic carbocycles. The van der Waals surface area contributed by atoms with Gasteiger partial charge in [-0.05, 0) is 12.1 Å². The third-order valence-corrected chi connectivity index (χ3v) is 3.17. The second-order valence-corrected chi connectivity index (χ2v) is 4.58. The fourth-order valence-electron chi connectivity index (χ4n) is 2.19. The number of fused-ring (bicyclic) bond motifs is 1. The molecule has 4 heteroatoms. The van der Waals surface area contributed by atoms with Crippen molar-refractivity contribution in [2.24, 2.45) is 0 Å². The minimum atomic E-state index is -1.06. The number of aromatic nitrogens is 1. The van der Waals surface area contributed by atoms with Crippen LogP contribution in [0.1, 0.15) is 11.7 Å². The summed E-state index contributed by atoms with van der Waals surface area (Å²) in [5, 5.41) is 10.3. The molecule has 3 aromatic rings. The van der Waals surface area contributed by atoms with E-state index in [4.69, 9.17) is 4.74 Å². The molecule has 0 spiro atoms. The molecule has 0 saturated heterocycles. The minimum Gasteiger partial charge on any atom is -0.478 e. The van der Waals surface area contributed by atoms with E-state index >= 15 is 0 Å². The van der Waals surface area contributed by atoms with Crippen molar-refractivity contribution >= 4 is 16.9 Å². The quantitative estimate of drug-likeness (QED) is 0.794. The van der Waals surface area contributed by atoms with Gasteiger partial charge in [0.05, 0.1) is 0 Å². The summed E-state index contributed by atoms with van der Waals surface area (Å²) in [4.78, 5) is 15.8. The molecule has 104 valence electrons. The summed E-state index contributed by atoms with van der Waals surface area (Å²) in [6.07, 6.45) is 0.604. The fraction of sp³-hybridized carbons (Fsp3) is 0.0588. The zero-order chi connectivity index (χ0) is 14.7. The van der Waals surface area contributed by atoms with Crippen LogP contribution in [0.2, 0.25) is 0 Å². The van der Waals surface area contributed by atoms with Crippen LogP contribution in [-0.2, 0) is 4.79 Å². The van der Waals surface area contributed by atoms with Crippen LogP contribution in [0.25, 0.3) is 10.9 Å². The summed E-state index contributed by atoms with van der Waals surface area (Å²) in [5.41, 5.74) is 1.25. The maximum absolute atomic E-state index is 11.5. The molecule has 0 bridgehead atoms. The van der Waals surface area contributed by atoms with E-state index in [1.807, 2.05) is 30.3 Å². The topological polar surface area (TPSA) is 59.4 Å². The molecule has 2 aromatic carbocycles. The Bertz CT molecular complexity index is 766. The van der Waals surface area contributed by atoms with Gasteiger partial charge in [-0.3, -0.25) is 4.98 Å². The summed E-state index contributed by atoms with van der Waals surface area (Å²) in [7, 11) is 0. The van der Waals surface area contributed by atoms with Crippen molar-refractivity contribution in [3.63, 3.8) is 0 Å². The summed E-state index contributed by atoms with van der Waals surface area (Å²) >= 11 is 0. The molecule has 1 heterocycles. The molecule has 0 saturated carbocycles. The van der Waals surface area contributed by atoms with Crippen molar-refractivity contribution in [2.75, 3.05) is 0 Å². The number of carboxylic acid groups (broad SMARTS) is 1. The second kappa shape index (κ2) is 5.63. The van der Waals surface area contributed by atoms with Gasteiger partial charge >= 0.3 is 5.97 Å². The van der Waals surface area contributed by atoms with E-state index in [2.05, 4.69) is 4.98 Å². The van der Waals surface area contributed by atoms with Crippen LogP contribution in [0.15, 0.2) is 66.9 Å². The van der Waals surface area contributed by atoms with E-state index in [-0.39, 0.29) is 0 Å². The highest BCUT2D eigenvalue weighted by Crippen LogP contribution is 2.28. The lowest BCUT2D eigenvalue weighted by Crippen LogP contribution is -2.18. The molecule has 0 radical (unpaired) electrons. The third kappa shape index (κ3) is 2.69. The number of pyridine rings is 1. The fourth-order valence-corrected chi connectivity index (χ4v) is 2.19. The van der Waals surface area contributed by atoms with E-state index in [1.54, 1.807) is 36.5 Å². The van der Waals surface area contributed by atoms with Gasteiger partial charge in [-0.2, -0.15) is 0 Å². The number of carboxylic acids is 1. The van der Waals surface area contributed by atoms with Gasteiger partial charge in [-0.25, -0.2) is 4.79 Å². The van der Waals surface area contributed by atoms with Gasteiger partial charge in [0.25, 0.3) is 0 Å². The predicted octanol–water partition coefficient (Wildman–Crippen LogP) is 3.44. The molecule has 1 unspecified atom stereocenters. The Morgan fingerprint density at radius 3 is 2.52 bits per heavy atom. The van der Waals surface area contributed by atoms with Crippen LogP contribution in [-0.4, -0.2) is 16.1 Å². The first kappa shape index (κ1) is 13.1. The Hall–Kier alpha value is -2.88. The molecule has 1 N–H and O–H groups in total. The van der Waals surface area contributed by atoms with E-state index in [0.717, 1.165) is 5.39 Å². The second-order valence-electron chi connectivity index (χ2n) is 4.58. The average molecular weight is 279 g/mol. The first-order valence-corrected chi connectivity index (χ1v) is 6.54. The molecule has 0 fully saturated rings. The average Bonchev–Trinajstić information content (AvgIpc) is 2.53. The molecule has 0 aliphatic rings. The largest absolute Gasteiger partial charge is 0.478 e. The molecule has 21 heavy (non-hydrogen) atoms. The number of hydrogen-bond donors (Lipinski definition) is 1. The van der Waals surface area contributed by atoms with Gasteiger partial charge in [-0.15, -0.1) is 0 Å². The SMILES string of the molecule is O=C(O)C(Oc1cccc2cccnc12)c1ccccc1. The summed E-state index contributed by atoms with van der Waals surface area (Å²) in [5.74, 6) is -0.571. The van der Waals surface area contributed by atoms with E-state index in [1.165, 1.54) is 0 Å². The van der Waals surface area contributed by atoms with Gasteiger partial charge in [-0.1, -0.05) is 48.5 Å². The smallest absolute Gasteiger partial charge is 0.349 e. The van der Waals surface area contributed by atoms with E-state index < -0.39 is 12.1 Å². The number of hydrogen-bond acceptors (Lipinski definition) is 3. The standard InChI is InChI=1S/C17H13NO3/c19-17(20)16(13-6-2-1-3-7-13)21-14-10-4-8-12-9-5-11-18-15(12)14/h1-11,16H,(H,19,20). The molecule has 3 rings (SSSR count). The monoisotopic (exact) mass is 279 g/mol. The molecule has 0 amide bonds. The maximum atomic E-state index is 11.5. The van der Waals surface area contributed by atoms with Crippen molar-refractivity contribution in [2.45, 2.75) is 6.10 Å². The van der Waals surface area contributed by atoms with Gasteiger partial charge in [0.1, 0.15) is 11.3 Å². The summed E-state index contributed by atoms with van der Waals surface area (Å²) in [6, 6.07) is 18.1. The van der Waals surface area contributed by atoms with Crippen molar-refractivity contribution in [1.29, 1.82) is 0 Å². The predicted molar refractivity (Wildman–Crippen MR) is 79.2 cm³/mol. The Kier molecular flexibility index (Phi) is 3.51. The molecule has 0 aliphatic heterocycles. The van der Waals surface area contributed by atoms with Crippen LogP contribution in [0.4, 0.5) is 0 Å². The molecular weight excluding hydrogens is 266 g/mol. The number of rotatable bonds is 4. The van der Waals surface area contributed by atoms with E-state index in [0.29, 0.717) is 16.8 Å². The highest BCUT2D eigenvalue weighted by atomic mass is 16.5. The Balaban J connectivity index is 2.01. The zero-order valence-electron chi connectivity index (χ0n) is 11.1. The van der Waals surface area contributed by atoms with Crippen LogP contribution in [0.3, 0.4) is 0 Å². The lowest BCUT2D eigenvalue weighted by molar-refractivity contribution is -0.145. The normalized spacial score (nSPS) is 12.0. The minimum absolute atomic E-state index is 0.462. The summed E-state index contributed by atoms with van der Waals surface area (Å²) in [6.45, 7) is 0. The molecule has 1 aromatic heterocycles. The van der Waals surface area contributed by atoms with Gasteiger partial charge in [0.15, 0.2) is 0 Å². The number of benzene rings is 2. The van der Waals surface area contributed by atoms with Crippen molar-refractivity contribution < 1.29 is 14.6 Å². The highest BCUT2D eigenvalue weighted by molar-refractivity contribution is 5.85. The van der Waals surface area contributed by atoms with Gasteiger partial charge in [0.2, 0.25) is 6.10 Å². The molecular formula is C17H13NO3. The number of carbonyl (C=O) groups is 1. The highest BCUT2D eigenvalue weighted by Gasteiger charge is 2.22. The van der Waals surface area contributed by atoms with Crippen LogP contribution >= 0.6 is 0 Å². The van der Waals surface area contributed by atoms with Gasteiger partial charge < -0.3 is 9.84 Å². The van der Waals surface area contributed by atoms with Crippen LogP contribution in [0.5, 0.6) is 5.75 Å². The Labute approximate surface area is 121 Å². The van der Waals surface area contributed by atoms with Crippen LogP contribution < -0.4 is 4.74 Å². The molecule has 4 nitrogen and oxygen atoms in total. The lowest BCUT2D eigenvalue weighted by atomic mass is 10.1. The van der Waals surface area contributed by atoms with Crippen molar-refractivity contribution in [1.82, 2.24) is 4.98 Å². The van der Waals surface area contributed by atoms with Crippen molar-refractivity contribution in [3.8, 4) is 5.75 Å². The number of para-hydroxylation sites is 1. The lowest BCUT2D eigenvalue weighted by Gasteiger charge is -2.16. The molecule has 1 atom stereocenters. The number of aliphatic carboxylic acids is 1.